The third kappa shape index (κ3) is 5.38. The van der Waals surface area contributed by atoms with E-state index in [1.165, 1.54) is 28.1 Å². The van der Waals surface area contributed by atoms with Crippen molar-refractivity contribution < 1.29 is 9.05 Å². The van der Waals surface area contributed by atoms with E-state index in [0.29, 0.717) is 0 Å². The lowest BCUT2D eigenvalue weighted by Gasteiger charge is -2.23. The van der Waals surface area contributed by atoms with E-state index in [0.717, 1.165) is 16.4 Å². The summed E-state index contributed by atoms with van der Waals surface area (Å²) in [5, 5.41) is 0. The van der Waals surface area contributed by atoms with Gasteiger partial charge >= 0.3 is 5.69 Å². The Hall–Kier alpha value is -1.74. The molecule has 0 aliphatic carbocycles. The standard InChI is InChI=1S/C21H21O2PS2/c1-16-4-10-19(11-5-16)22-24(25,23-20-12-6-17(2)7-13-20)26-21-14-8-18(3)9-15-21/h4-15H,1-3H3. The van der Waals surface area contributed by atoms with E-state index in [2.05, 4.69) is 31.2 Å². The molecule has 0 amide bonds. The van der Waals surface area contributed by atoms with Crippen molar-refractivity contribution in [3.05, 3.63) is 89.5 Å². The Morgan fingerprint density at radius 2 is 0.962 bits per heavy atom. The molecule has 0 saturated carbocycles. The number of rotatable bonds is 6. The van der Waals surface area contributed by atoms with E-state index in [-0.39, 0.29) is 0 Å². The van der Waals surface area contributed by atoms with E-state index in [9.17, 15) is 0 Å². The van der Waals surface area contributed by atoms with Crippen LogP contribution in [0.3, 0.4) is 0 Å². The average molecular weight is 401 g/mol. The molecule has 0 atom stereocenters. The molecule has 5 heteroatoms. The number of hydrogen-bond acceptors (Lipinski definition) is 4. The van der Waals surface area contributed by atoms with Gasteiger partial charge in [0, 0.05) is 16.7 Å². The Morgan fingerprint density at radius 1 is 0.615 bits per heavy atom. The smallest absolute Gasteiger partial charge is 0.353 e. The SMILES string of the molecule is Cc1ccc(OP(=S)(Oc2ccc(C)cc2)Sc2ccc(C)cc2)cc1. The van der Waals surface area contributed by atoms with Crippen molar-refractivity contribution in [1.29, 1.82) is 0 Å². The predicted octanol–water partition coefficient (Wildman–Crippen LogP) is 7.09. The second-order valence-electron chi connectivity index (χ2n) is 6.16. The van der Waals surface area contributed by atoms with Crippen LogP contribution in [0.15, 0.2) is 77.7 Å². The predicted molar refractivity (Wildman–Crippen MR) is 115 cm³/mol. The molecule has 0 aliphatic heterocycles. The molecule has 0 fully saturated rings. The van der Waals surface area contributed by atoms with Gasteiger partial charge in [-0.25, -0.2) is 0 Å². The largest absolute Gasteiger partial charge is 0.428 e. The molecule has 0 bridgehead atoms. The van der Waals surface area contributed by atoms with Gasteiger partial charge in [-0.05, 0) is 68.6 Å². The Balaban J connectivity index is 1.88. The highest BCUT2D eigenvalue weighted by Crippen LogP contribution is 2.62. The molecule has 0 spiro atoms. The van der Waals surface area contributed by atoms with Crippen LogP contribution < -0.4 is 9.05 Å². The van der Waals surface area contributed by atoms with Gasteiger partial charge in [0.2, 0.25) is 0 Å². The van der Waals surface area contributed by atoms with Gasteiger partial charge in [-0.15, -0.1) is 0 Å². The molecular weight excluding hydrogens is 379 g/mol. The molecule has 2 nitrogen and oxygen atoms in total. The van der Waals surface area contributed by atoms with Gasteiger partial charge in [0.05, 0.1) is 0 Å². The second-order valence-corrected chi connectivity index (χ2v) is 12.2. The number of benzene rings is 3. The highest BCUT2D eigenvalue weighted by Gasteiger charge is 2.25. The average Bonchev–Trinajstić information content (AvgIpc) is 2.61. The highest BCUT2D eigenvalue weighted by atomic mass is 32.9. The van der Waals surface area contributed by atoms with Crippen LogP contribution in [0, 0.1) is 20.8 Å². The zero-order chi connectivity index (χ0) is 18.6. The zero-order valence-electron chi connectivity index (χ0n) is 15.0. The van der Waals surface area contributed by atoms with Crippen LogP contribution in [-0.4, -0.2) is 0 Å². The lowest BCUT2D eigenvalue weighted by molar-refractivity contribution is 0.506. The molecule has 0 unspecified atom stereocenters. The maximum absolute atomic E-state index is 6.19. The minimum atomic E-state index is -2.68. The molecule has 0 heterocycles. The topological polar surface area (TPSA) is 18.5 Å². The third-order valence-corrected chi connectivity index (χ3v) is 8.16. The lowest BCUT2D eigenvalue weighted by atomic mass is 10.2. The summed E-state index contributed by atoms with van der Waals surface area (Å²) in [5.74, 6) is 1.45. The van der Waals surface area contributed by atoms with Crippen LogP contribution in [0.25, 0.3) is 0 Å². The van der Waals surface area contributed by atoms with Crippen molar-refractivity contribution in [3.63, 3.8) is 0 Å². The minimum Gasteiger partial charge on any atom is -0.428 e. The first-order valence-electron chi connectivity index (χ1n) is 8.31. The summed E-state index contributed by atoms with van der Waals surface area (Å²) in [6.07, 6.45) is 0. The second kappa shape index (κ2) is 8.30. The number of hydrogen-bond donors (Lipinski definition) is 0. The molecule has 0 N–H and O–H groups in total. The van der Waals surface area contributed by atoms with Gasteiger partial charge in [-0.1, -0.05) is 53.1 Å². The van der Waals surface area contributed by atoms with Crippen molar-refractivity contribution >= 4 is 28.9 Å². The molecule has 0 aromatic heterocycles. The van der Waals surface area contributed by atoms with E-state index in [1.807, 2.05) is 62.4 Å². The van der Waals surface area contributed by atoms with Crippen LogP contribution in [0.1, 0.15) is 16.7 Å². The molecular formula is C21H21O2PS2. The molecule has 3 aromatic rings. The summed E-state index contributed by atoms with van der Waals surface area (Å²) in [7, 11) is 0. The highest BCUT2D eigenvalue weighted by molar-refractivity contribution is 8.68. The Bertz CT molecular complexity index is 782. The lowest BCUT2D eigenvalue weighted by Crippen LogP contribution is -1.98. The number of aryl methyl sites for hydroxylation is 3. The summed E-state index contributed by atoms with van der Waals surface area (Å²) < 4.78 is 12.4. The quantitative estimate of drug-likeness (QED) is 0.411. The summed E-state index contributed by atoms with van der Waals surface area (Å²) in [6.45, 7) is 6.16. The Morgan fingerprint density at radius 3 is 1.35 bits per heavy atom. The Kier molecular flexibility index (Phi) is 6.08. The fraction of sp³-hybridized carbons (Fsp3) is 0.143. The molecule has 0 aliphatic rings. The van der Waals surface area contributed by atoms with Crippen LogP contribution in [-0.2, 0) is 11.8 Å². The molecule has 0 saturated heterocycles. The van der Waals surface area contributed by atoms with Crippen molar-refractivity contribution in [2.75, 3.05) is 0 Å². The molecule has 3 rings (SSSR count). The summed E-state index contributed by atoms with van der Waals surface area (Å²) in [6, 6.07) is 24.0. The van der Waals surface area contributed by atoms with Crippen molar-refractivity contribution in [1.82, 2.24) is 0 Å². The first-order valence-corrected chi connectivity index (χ1v) is 12.4. The van der Waals surface area contributed by atoms with Gasteiger partial charge < -0.3 is 9.05 Å². The van der Waals surface area contributed by atoms with E-state index in [4.69, 9.17) is 20.9 Å². The van der Waals surface area contributed by atoms with Crippen molar-refractivity contribution in [2.24, 2.45) is 0 Å². The van der Waals surface area contributed by atoms with Gasteiger partial charge in [-0.2, -0.15) is 0 Å². The van der Waals surface area contributed by atoms with E-state index < -0.39 is 5.69 Å². The van der Waals surface area contributed by atoms with Crippen LogP contribution >= 0.6 is 17.1 Å². The fourth-order valence-corrected chi connectivity index (χ4v) is 6.80. The third-order valence-electron chi connectivity index (χ3n) is 3.71. The monoisotopic (exact) mass is 400 g/mol. The van der Waals surface area contributed by atoms with E-state index >= 15 is 0 Å². The maximum atomic E-state index is 6.19. The zero-order valence-corrected chi connectivity index (χ0v) is 17.5. The minimum absolute atomic E-state index is 0.727. The van der Waals surface area contributed by atoms with Crippen molar-refractivity contribution in [3.8, 4) is 11.5 Å². The van der Waals surface area contributed by atoms with Gasteiger partial charge in [-0.3, -0.25) is 0 Å². The van der Waals surface area contributed by atoms with E-state index in [1.54, 1.807) is 0 Å². The van der Waals surface area contributed by atoms with Crippen LogP contribution in [0.5, 0.6) is 11.5 Å². The van der Waals surface area contributed by atoms with Gasteiger partial charge in [0.15, 0.2) is 0 Å². The van der Waals surface area contributed by atoms with Crippen LogP contribution in [0.2, 0.25) is 0 Å². The summed E-state index contributed by atoms with van der Waals surface area (Å²) in [4.78, 5) is 1.04. The molecule has 3 aromatic carbocycles. The first-order chi connectivity index (χ1) is 12.4. The summed E-state index contributed by atoms with van der Waals surface area (Å²) >= 11 is 7.36. The summed E-state index contributed by atoms with van der Waals surface area (Å²) in [5.41, 5.74) is 0.884. The normalized spacial score (nSPS) is 11.2. The van der Waals surface area contributed by atoms with Crippen molar-refractivity contribution in [2.45, 2.75) is 25.7 Å². The molecule has 26 heavy (non-hydrogen) atoms. The maximum Gasteiger partial charge on any atom is 0.353 e. The van der Waals surface area contributed by atoms with Gasteiger partial charge in [0.1, 0.15) is 11.5 Å². The Labute approximate surface area is 164 Å². The first kappa shape index (κ1) is 19.0. The van der Waals surface area contributed by atoms with Gasteiger partial charge in [0.25, 0.3) is 0 Å². The molecule has 134 valence electrons. The van der Waals surface area contributed by atoms with Crippen LogP contribution in [0.4, 0.5) is 0 Å². The molecule has 0 radical (unpaired) electrons. The fourth-order valence-electron chi connectivity index (χ4n) is 2.24.